The normalized spacial score (nSPS) is 16.7. The summed E-state index contributed by atoms with van der Waals surface area (Å²) in [5.74, 6) is -0.102. The molecule has 3 aromatic carbocycles. The zero-order valence-corrected chi connectivity index (χ0v) is 19.3. The maximum Gasteiger partial charge on any atom is 0.269 e. The molecule has 0 saturated heterocycles. The highest BCUT2D eigenvalue weighted by molar-refractivity contribution is 6.11. The first-order valence-electron chi connectivity index (χ1n) is 11.9. The third-order valence-electron chi connectivity index (χ3n) is 6.95. The Balaban J connectivity index is 1.58. The molecule has 36 heavy (non-hydrogen) atoms. The van der Waals surface area contributed by atoms with E-state index in [0.717, 1.165) is 11.1 Å². The number of ketones is 1. The standard InChI is InChI=1S/C29H22N2O5/c32-23-12-7-13-24-26(23)27(28(36-24)19-10-5-2-6-11-19)25-21-16-20(31(34)35)14-15-22(21)30(29(25)33)17-18-8-3-1-4-9-18/h1-6,8-11,14-16,25H,7,12-13,17H2. The summed E-state index contributed by atoms with van der Waals surface area (Å²) in [4.78, 5) is 40.2. The van der Waals surface area contributed by atoms with E-state index in [1.54, 1.807) is 11.0 Å². The molecule has 7 nitrogen and oxygen atoms in total. The maximum absolute atomic E-state index is 14.1. The Hall–Kier alpha value is -4.52. The van der Waals surface area contributed by atoms with Gasteiger partial charge in [0.25, 0.3) is 5.69 Å². The minimum atomic E-state index is -0.881. The van der Waals surface area contributed by atoms with E-state index in [-0.39, 0.29) is 17.4 Å². The summed E-state index contributed by atoms with van der Waals surface area (Å²) >= 11 is 0. The van der Waals surface area contributed by atoms with Gasteiger partial charge in [0, 0.05) is 41.8 Å². The van der Waals surface area contributed by atoms with Gasteiger partial charge < -0.3 is 9.32 Å². The van der Waals surface area contributed by atoms with E-state index in [9.17, 15) is 19.7 Å². The van der Waals surface area contributed by atoms with Gasteiger partial charge in [0.05, 0.1) is 22.9 Å². The number of anilines is 1. The average Bonchev–Trinajstić information content (AvgIpc) is 3.40. The van der Waals surface area contributed by atoms with Crippen molar-refractivity contribution in [1.82, 2.24) is 0 Å². The number of amides is 1. The van der Waals surface area contributed by atoms with Crippen molar-refractivity contribution < 1.29 is 18.9 Å². The number of nitrogens with zero attached hydrogens (tertiary/aromatic N) is 2. The topological polar surface area (TPSA) is 93.7 Å². The number of rotatable bonds is 5. The second-order valence-electron chi connectivity index (χ2n) is 9.13. The van der Waals surface area contributed by atoms with Crippen LogP contribution < -0.4 is 4.90 Å². The largest absolute Gasteiger partial charge is 0.460 e. The van der Waals surface area contributed by atoms with Crippen LogP contribution in [0.25, 0.3) is 11.3 Å². The number of carbonyl (C=O) groups is 2. The smallest absolute Gasteiger partial charge is 0.269 e. The lowest BCUT2D eigenvalue weighted by Crippen LogP contribution is -2.29. The lowest BCUT2D eigenvalue weighted by molar-refractivity contribution is -0.384. The molecule has 4 aromatic rings. The molecule has 1 aliphatic heterocycles. The Morgan fingerprint density at radius 3 is 2.39 bits per heavy atom. The highest BCUT2D eigenvalue weighted by atomic mass is 16.6. The van der Waals surface area contributed by atoms with Crippen molar-refractivity contribution in [3.05, 3.63) is 117 Å². The van der Waals surface area contributed by atoms with Gasteiger partial charge >= 0.3 is 0 Å². The summed E-state index contributed by atoms with van der Waals surface area (Å²) in [5, 5.41) is 11.7. The molecule has 0 saturated carbocycles. The predicted octanol–water partition coefficient (Wildman–Crippen LogP) is 6.05. The van der Waals surface area contributed by atoms with Crippen molar-refractivity contribution in [2.75, 3.05) is 4.90 Å². The third kappa shape index (κ3) is 3.51. The number of aryl methyl sites for hydroxylation is 1. The minimum Gasteiger partial charge on any atom is -0.460 e. The third-order valence-corrected chi connectivity index (χ3v) is 6.95. The van der Waals surface area contributed by atoms with Gasteiger partial charge in [0.1, 0.15) is 11.5 Å². The molecule has 6 rings (SSSR count). The Morgan fingerprint density at radius 2 is 1.67 bits per heavy atom. The molecular formula is C29H22N2O5. The Kier molecular flexibility index (Phi) is 5.25. The molecule has 0 spiro atoms. The van der Waals surface area contributed by atoms with E-state index in [4.69, 9.17) is 4.42 Å². The molecule has 1 aromatic heterocycles. The summed E-state index contributed by atoms with van der Waals surface area (Å²) in [5.41, 5.74) is 3.69. The zero-order chi connectivity index (χ0) is 24.8. The average molecular weight is 479 g/mol. The van der Waals surface area contributed by atoms with E-state index in [1.807, 2.05) is 60.7 Å². The predicted molar refractivity (Wildman–Crippen MR) is 134 cm³/mol. The van der Waals surface area contributed by atoms with Crippen LogP contribution in [0, 0.1) is 10.1 Å². The van der Waals surface area contributed by atoms with Crippen LogP contribution in [0.5, 0.6) is 0 Å². The number of fused-ring (bicyclic) bond motifs is 2. The molecule has 0 bridgehead atoms. The second kappa shape index (κ2) is 8.61. The number of hydrogen-bond acceptors (Lipinski definition) is 5. The summed E-state index contributed by atoms with van der Waals surface area (Å²) in [7, 11) is 0. The molecule has 0 radical (unpaired) electrons. The zero-order valence-electron chi connectivity index (χ0n) is 19.3. The number of nitro benzene ring substituents is 1. The maximum atomic E-state index is 14.1. The van der Waals surface area contributed by atoms with Crippen molar-refractivity contribution in [3.8, 4) is 11.3 Å². The molecule has 2 aliphatic rings. The van der Waals surface area contributed by atoms with Crippen LogP contribution in [-0.4, -0.2) is 16.6 Å². The Morgan fingerprint density at radius 1 is 0.944 bits per heavy atom. The Bertz CT molecular complexity index is 1510. The van der Waals surface area contributed by atoms with Gasteiger partial charge in [-0.05, 0) is 23.6 Å². The lowest BCUT2D eigenvalue weighted by atomic mass is 9.83. The molecule has 1 unspecified atom stereocenters. The van der Waals surface area contributed by atoms with Crippen LogP contribution in [0.1, 0.15) is 51.6 Å². The number of benzene rings is 3. The van der Waals surface area contributed by atoms with Gasteiger partial charge in [0.2, 0.25) is 5.91 Å². The quantitative estimate of drug-likeness (QED) is 0.257. The van der Waals surface area contributed by atoms with E-state index >= 15 is 0 Å². The SMILES string of the molecule is O=C1CCCc2oc(-c3ccccc3)c(C3C(=O)N(Cc4ccccc4)c4ccc([N+](=O)[O-])cc43)c21. The molecule has 7 heteroatoms. The molecule has 2 heterocycles. The van der Waals surface area contributed by atoms with E-state index in [1.165, 1.54) is 12.1 Å². The first kappa shape index (κ1) is 22.0. The van der Waals surface area contributed by atoms with E-state index in [0.29, 0.717) is 59.7 Å². The van der Waals surface area contributed by atoms with Crippen LogP contribution in [0.3, 0.4) is 0 Å². The second-order valence-corrected chi connectivity index (χ2v) is 9.13. The molecule has 0 N–H and O–H groups in total. The first-order chi connectivity index (χ1) is 17.5. The van der Waals surface area contributed by atoms with Crippen molar-refractivity contribution in [3.63, 3.8) is 0 Å². The van der Waals surface area contributed by atoms with Crippen molar-refractivity contribution in [2.24, 2.45) is 0 Å². The highest BCUT2D eigenvalue weighted by Gasteiger charge is 2.45. The molecule has 1 atom stereocenters. The highest BCUT2D eigenvalue weighted by Crippen LogP contribution is 2.49. The van der Waals surface area contributed by atoms with Gasteiger partial charge in [-0.2, -0.15) is 0 Å². The number of nitro groups is 1. The van der Waals surface area contributed by atoms with Gasteiger partial charge in [-0.1, -0.05) is 60.7 Å². The van der Waals surface area contributed by atoms with Crippen LogP contribution in [0.4, 0.5) is 11.4 Å². The van der Waals surface area contributed by atoms with E-state index < -0.39 is 10.8 Å². The van der Waals surface area contributed by atoms with Gasteiger partial charge in [-0.25, -0.2) is 0 Å². The van der Waals surface area contributed by atoms with Crippen LogP contribution >= 0.6 is 0 Å². The van der Waals surface area contributed by atoms with Crippen molar-refractivity contribution >= 4 is 23.1 Å². The number of Topliss-reactive ketones (excluding diaryl/α,β-unsaturated/α-hetero) is 1. The first-order valence-corrected chi connectivity index (χ1v) is 11.9. The number of carbonyl (C=O) groups excluding carboxylic acids is 2. The summed E-state index contributed by atoms with van der Waals surface area (Å²) in [6.07, 6.45) is 1.68. The number of hydrogen-bond donors (Lipinski definition) is 0. The fourth-order valence-electron chi connectivity index (χ4n) is 5.34. The number of non-ortho nitro benzene ring substituents is 1. The molecule has 0 fully saturated rings. The van der Waals surface area contributed by atoms with Crippen LogP contribution in [-0.2, 0) is 17.8 Å². The molecule has 1 aliphatic carbocycles. The van der Waals surface area contributed by atoms with Gasteiger partial charge in [0.15, 0.2) is 5.78 Å². The van der Waals surface area contributed by atoms with Crippen molar-refractivity contribution in [2.45, 2.75) is 31.7 Å². The van der Waals surface area contributed by atoms with Gasteiger partial charge in [-0.3, -0.25) is 19.7 Å². The molecule has 1 amide bonds. The van der Waals surface area contributed by atoms with Gasteiger partial charge in [-0.15, -0.1) is 0 Å². The number of furan rings is 1. The molecule has 178 valence electrons. The fourth-order valence-corrected chi connectivity index (χ4v) is 5.34. The summed E-state index contributed by atoms with van der Waals surface area (Å²) < 4.78 is 6.28. The fraction of sp³-hybridized carbons (Fsp3) is 0.172. The van der Waals surface area contributed by atoms with Crippen molar-refractivity contribution in [1.29, 1.82) is 0 Å². The summed E-state index contributed by atoms with van der Waals surface area (Å²) in [6.45, 7) is 0.315. The Labute approximate surface area is 207 Å². The molecular weight excluding hydrogens is 456 g/mol. The van der Waals surface area contributed by atoms with Crippen LogP contribution in [0.15, 0.2) is 83.3 Å². The van der Waals surface area contributed by atoms with Crippen LogP contribution in [0.2, 0.25) is 0 Å². The van der Waals surface area contributed by atoms with E-state index in [2.05, 4.69) is 0 Å². The lowest BCUT2D eigenvalue weighted by Gasteiger charge is -2.19. The summed E-state index contributed by atoms with van der Waals surface area (Å²) in [6, 6.07) is 23.5. The monoisotopic (exact) mass is 478 g/mol. The minimum absolute atomic E-state index is 0.0570.